The number of benzene rings is 2. The number of rotatable bonds is 7. The predicted octanol–water partition coefficient (Wildman–Crippen LogP) is 5.21. The van der Waals surface area contributed by atoms with E-state index in [1.807, 2.05) is 36.4 Å². The molecule has 156 valence electrons. The summed E-state index contributed by atoms with van der Waals surface area (Å²) in [6.45, 7) is 5.33. The maximum absolute atomic E-state index is 12.4. The number of nitrogens with one attached hydrogen (secondary N) is 1. The van der Waals surface area contributed by atoms with Crippen LogP contribution in [0.3, 0.4) is 0 Å². The zero-order valence-electron chi connectivity index (χ0n) is 17.6. The molecule has 0 unspecified atom stereocenters. The highest BCUT2D eigenvalue weighted by molar-refractivity contribution is 5.90. The van der Waals surface area contributed by atoms with Crippen LogP contribution in [0.4, 0.5) is 5.69 Å². The molecule has 1 amide bonds. The number of hydrogen-bond acceptors (Lipinski definition) is 4. The van der Waals surface area contributed by atoms with Crippen molar-refractivity contribution in [2.45, 2.75) is 45.6 Å². The van der Waals surface area contributed by atoms with E-state index in [0.717, 1.165) is 36.6 Å². The highest BCUT2D eigenvalue weighted by atomic mass is 16.4. The second-order valence-electron chi connectivity index (χ2n) is 8.07. The van der Waals surface area contributed by atoms with Gasteiger partial charge in [0.05, 0.1) is 6.20 Å². The molecular weight excluding hydrogens is 374 g/mol. The van der Waals surface area contributed by atoms with E-state index in [-0.39, 0.29) is 5.91 Å². The van der Waals surface area contributed by atoms with Crippen LogP contribution in [0.15, 0.2) is 59.1 Å². The minimum atomic E-state index is -0.0276. The van der Waals surface area contributed by atoms with Gasteiger partial charge in [0.1, 0.15) is 0 Å². The Morgan fingerprint density at radius 2 is 1.90 bits per heavy atom. The van der Waals surface area contributed by atoms with Crippen molar-refractivity contribution >= 4 is 11.6 Å². The van der Waals surface area contributed by atoms with Crippen molar-refractivity contribution in [3.63, 3.8) is 0 Å². The third-order valence-electron chi connectivity index (χ3n) is 5.52. The van der Waals surface area contributed by atoms with Crippen molar-refractivity contribution in [2.75, 3.05) is 18.4 Å². The Bertz CT molecular complexity index is 972. The first kappa shape index (κ1) is 20.4. The fourth-order valence-corrected chi connectivity index (χ4v) is 3.84. The number of amides is 1. The maximum Gasteiger partial charge on any atom is 0.224 e. The lowest BCUT2D eigenvalue weighted by molar-refractivity contribution is -0.116. The molecule has 3 aromatic rings. The number of nitrogens with zero attached hydrogens (tertiary/aromatic N) is 2. The molecule has 1 aromatic heterocycles. The zero-order chi connectivity index (χ0) is 20.8. The van der Waals surface area contributed by atoms with Crippen LogP contribution in [0, 0.1) is 6.92 Å². The molecule has 5 nitrogen and oxygen atoms in total. The van der Waals surface area contributed by atoms with E-state index in [9.17, 15) is 4.79 Å². The largest absolute Gasteiger partial charge is 0.441 e. The Labute approximate surface area is 178 Å². The summed E-state index contributed by atoms with van der Waals surface area (Å²) in [4.78, 5) is 19.2. The topological polar surface area (TPSA) is 58.4 Å². The van der Waals surface area contributed by atoms with Crippen molar-refractivity contribution in [1.82, 2.24) is 9.88 Å². The fraction of sp³-hybridized carbons (Fsp3) is 0.360. The molecule has 5 heteroatoms. The first-order valence-electron chi connectivity index (χ1n) is 10.8. The summed E-state index contributed by atoms with van der Waals surface area (Å²) in [7, 11) is 0. The fourth-order valence-electron chi connectivity index (χ4n) is 3.84. The molecular formula is C25H29N3O2. The van der Waals surface area contributed by atoms with Crippen LogP contribution in [-0.2, 0) is 17.8 Å². The summed E-state index contributed by atoms with van der Waals surface area (Å²) in [6.07, 6.45) is 6.44. The maximum atomic E-state index is 12.4. The molecule has 1 fully saturated rings. The van der Waals surface area contributed by atoms with E-state index in [1.165, 1.54) is 30.4 Å². The first-order valence-corrected chi connectivity index (χ1v) is 10.8. The van der Waals surface area contributed by atoms with Gasteiger partial charge in [-0.2, -0.15) is 0 Å². The lowest BCUT2D eigenvalue weighted by atomic mass is 10.1. The number of anilines is 1. The van der Waals surface area contributed by atoms with E-state index in [2.05, 4.69) is 34.3 Å². The van der Waals surface area contributed by atoms with Gasteiger partial charge in [-0.25, -0.2) is 4.98 Å². The second-order valence-corrected chi connectivity index (χ2v) is 8.07. The molecule has 0 spiro atoms. The Balaban J connectivity index is 1.29. The number of carbonyl (C=O) groups excluding carboxylic acids is 1. The minimum Gasteiger partial charge on any atom is -0.441 e. The smallest absolute Gasteiger partial charge is 0.224 e. The van der Waals surface area contributed by atoms with Crippen LogP contribution >= 0.6 is 0 Å². The number of aromatic nitrogens is 1. The Hall–Kier alpha value is -2.92. The molecule has 1 aliphatic heterocycles. The molecule has 0 aliphatic carbocycles. The highest BCUT2D eigenvalue weighted by Crippen LogP contribution is 2.21. The second kappa shape index (κ2) is 9.72. The molecule has 1 N–H and O–H groups in total. The van der Waals surface area contributed by atoms with E-state index >= 15 is 0 Å². The Kier molecular flexibility index (Phi) is 6.60. The van der Waals surface area contributed by atoms with Crippen molar-refractivity contribution in [3.05, 3.63) is 71.7 Å². The van der Waals surface area contributed by atoms with Crippen LogP contribution < -0.4 is 5.32 Å². The Morgan fingerprint density at radius 3 is 2.70 bits per heavy atom. The molecule has 2 heterocycles. The first-order chi connectivity index (χ1) is 14.7. The molecule has 1 saturated heterocycles. The monoisotopic (exact) mass is 403 g/mol. The minimum absolute atomic E-state index is 0.0276. The standard InChI is InChI=1S/C25H29N3O2/c1-19-8-10-21(11-9-19)23-17-26-25(30-23)13-12-24(29)27-22-7-5-6-20(16-22)18-28-14-3-2-4-15-28/h5-11,16-17H,2-4,12-15,18H2,1H3,(H,27,29). The normalized spacial score (nSPS) is 14.6. The molecule has 0 radical (unpaired) electrons. The zero-order valence-corrected chi connectivity index (χ0v) is 17.6. The number of carbonyl (C=O) groups is 1. The lowest BCUT2D eigenvalue weighted by Gasteiger charge is -2.26. The molecule has 30 heavy (non-hydrogen) atoms. The number of piperidine rings is 1. The molecule has 1 aliphatic rings. The van der Waals surface area contributed by atoms with Gasteiger partial charge < -0.3 is 9.73 Å². The summed E-state index contributed by atoms with van der Waals surface area (Å²) in [5.74, 6) is 1.29. The third kappa shape index (κ3) is 5.57. The number of likely N-dealkylation sites (tertiary alicyclic amines) is 1. The molecule has 4 rings (SSSR count). The summed E-state index contributed by atoms with van der Waals surface area (Å²) in [5.41, 5.74) is 4.29. The van der Waals surface area contributed by atoms with Gasteiger partial charge >= 0.3 is 0 Å². The van der Waals surface area contributed by atoms with E-state index < -0.39 is 0 Å². The highest BCUT2D eigenvalue weighted by Gasteiger charge is 2.12. The van der Waals surface area contributed by atoms with E-state index in [4.69, 9.17) is 4.42 Å². The van der Waals surface area contributed by atoms with Gasteiger partial charge in [-0.15, -0.1) is 0 Å². The van der Waals surface area contributed by atoms with Gasteiger partial charge in [0.15, 0.2) is 11.7 Å². The van der Waals surface area contributed by atoms with Crippen LogP contribution in [0.1, 0.15) is 42.7 Å². The van der Waals surface area contributed by atoms with Crippen LogP contribution in [0.2, 0.25) is 0 Å². The van der Waals surface area contributed by atoms with Gasteiger partial charge in [0.2, 0.25) is 5.91 Å². The van der Waals surface area contributed by atoms with Crippen LogP contribution in [-0.4, -0.2) is 28.9 Å². The quantitative estimate of drug-likeness (QED) is 0.588. The Morgan fingerprint density at radius 1 is 1.10 bits per heavy atom. The SMILES string of the molecule is Cc1ccc(-c2cnc(CCC(=O)Nc3cccc(CN4CCCCC4)c3)o2)cc1. The van der Waals surface area contributed by atoms with E-state index in [1.54, 1.807) is 6.20 Å². The van der Waals surface area contributed by atoms with Gasteiger partial charge in [-0.1, -0.05) is 48.4 Å². The summed E-state index contributed by atoms with van der Waals surface area (Å²) in [5, 5.41) is 3.01. The molecule has 2 aromatic carbocycles. The van der Waals surface area contributed by atoms with Crippen molar-refractivity contribution in [3.8, 4) is 11.3 Å². The number of hydrogen-bond donors (Lipinski definition) is 1. The number of aryl methyl sites for hydroxylation is 2. The van der Waals surface area contributed by atoms with Gasteiger partial charge in [-0.05, 0) is 50.6 Å². The predicted molar refractivity (Wildman–Crippen MR) is 119 cm³/mol. The summed E-state index contributed by atoms with van der Waals surface area (Å²) < 4.78 is 5.82. The van der Waals surface area contributed by atoms with Crippen molar-refractivity contribution in [1.29, 1.82) is 0 Å². The van der Waals surface area contributed by atoms with Crippen LogP contribution in [0.25, 0.3) is 11.3 Å². The van der Waals surface area contributed by atoms with E-state index in [0.29, 0.717) is 18.7 Å². The van der Waals surface area contributed by atoms with Crippen molar-refractivity contribution < 1.29 is 9.21 Å². The molecule has 0 bridgehead atoms. The third-order valence-corrected chi connectivity index (χ3v) is 5.52. The summed E-state index contributed by atoms with van der Waals surface area (Å²) in [6, 6.07) is 16.3. The van der Waals surface area contributed by atoms with Gasteiger partial charge in [-0.3, -0.25) is 9.69 Å². The lowest BCUT2D eigenvalue weighted by Crippen LogP contribution is -2.29. The van der Waals surface area contributed by atoms with Crippen LogP contribution in [0.5, 0.6) is 0 Å². The average Bonchev–Trinajstić information content (AvgIpc) is 3.23. The average molecular weight is 404 g/mol. The number of oxazole rings is 1. The molecule has 0 saturated carbocycles. The van der Waals surface area contributed by atoms with Gasteiger partial charge in [0, 0.05) is 30.6 Å². The molecule has 0 atom stereocenters. The van der Waals surface area contributed by atoms with Gasteiger partial charge in [0.25, 0.3) is 0 Å². The van der Waals surface area contributed by atoms with Crippen molar-refractivity contribution in [2.24, 2.45) is 0 Å². The summed E-state index contributed by atoms with van der Waals surface area (Å²) >= 11 is 0.